The smallest absolute Gasteiger partial charge is 0.252 e. The molecule has 2 rings (SSSR count). The van der Waals surface area contributed by atoms with Crippen LogP contribution in [0.1, 0.15) is 38.3 Å². The Labute approximate surface area is 129 Å². The van der Waals surface area contributed by atoms with E-state index in [1.165, 1.54) is 0 Å². The van der Waals surface area contributed by atoms with Gasteiger partial charge in [-0.3, -0.25) is 9.59 Å². The van der Waals surface area contributed by atoms with Crippen molar-refractivity contribution in [3.05, 3.63) is 70.8 Å². The maximum absolute atomic E-state index is 12.1. The number of nitrogens with one attached hydrogen (secondary N) is 1. The summed E-state index contributed by atoms with van der Waals surface area (Å²) in [6, 6.07) is 14.4. The van der Waals surface area contributed by atoms with E-state index in [2.05, 4.69) is 5.32 Å². The Kier molecular flexibility index (Phi) is 5.60. The fraction of sp³-hybridized carbons (Fsp3) is 0.167. The maximum Gasteiger partial charge on any atom is 0.252 e. The van der Waals surface area contributed by atoms with Crippen molar-refractivity contribution in [1.82, 2.24) is 5.32 Å². The third kappa shape index (κ3) is 4.12. The highest BCUT2D eigenvalue weighted by Gasteiger charge is 2.09. The fourth-order valence-corrected chi connectivity index (χ4v) is 2.13. The predicted octanol–water partition coefficient (Wildman–Crippen LogP) is 2.56. The van der Waals surface area contributed by atoms with E-state index in [1.807, 2.05) is 24.3 Å². The van der Waals surface area contributed by atoms with E-state index < -0.39 is 0 Å². The van der Waals surface area contributed by atoms with Crippen molar-refractivity contribution >= 4 is 18.5 Å². The topological polar surface area (TPSA) is 63.2 Å². The number of rotatable bonds is 7. The normalized spacial score (nSPS) is 10.0. The lowest BCUT2D eigenvalue weighted by Crippen LogP contribution is -2.23. The van der Waals surface area contributed by atoms with E-state index in [1.54, 1.807) is 24.3 Å². The Bertz CT molecular complexity index is 662. The maximum atomic E-state index is 12.1. The van der Waals surface area contributed by atoms with Crippen LogP contribution in [0.5, 0.6) is 0 Å². The highest BCUT2D eigenvalue weighted by molar-refractivity contribution is 6.01. The van der Waals surface area contributed by atoms with Crippen molar-refractivity contribution in [2.24, 2.45) is 0 Å². The molecule has 4 nitrogen and oxygen atoms in total. The largest absolute Gasteiger partial charge is 0.348 e. The number of aryl methyl sites for hydroxylation is 1. The van der Waals surface area contributed by atoms with Gasteiger partial charge in [-0.25, -0.2) is 0 Å². The van der Waals surface area contributed by atoms with Gasteiger partial charge in [0, 0.05) is 24.1 Å². The van der Waals surface area contributed by atoms with Gasteiger partial charge >= 0.3 is 0 Å². The molecule has 0 aliphatic heterocycles. The van der Waals surface area contributed by atoms with Gasteiger partial charge in [-0.1, -0.05) is 42.5 Å². The average Bonchev–Trinajstić information content (AvgIpc) is 2.58. The van der Waals surface area contributed by atoms with Gasteiger partial charge in [0.1, 0.15) is 6.29 Å². The molecule has 0 bridgehead atoms. The zero-order valence-corrected chi connectivity index (χ0v) is 12.1. The molecule has 0 atom stereocenters. The molecule has 22 heavy (non-hydrogen) atoms. The quantitative estimate of drug-likeness (QED) is 0.798. The fourth-order valence-electron chi connectivity index (χ4n) is 2.13. The van der Waals surface area contributed by atoms with Gasteiger partial charge in [0.2, 0.25) is 0 Å². The third-order valence-corrected chi connectivity index (χ3v) is 3.36. The molecule has 0 aliphatic carbocycles. The lowest BCUT2D eigenvalue weighted by molar-refractivity contribution is -0.107. The highest BCUT2D eigenvalue weighted by atomic mass is 16.1. The number of carbonyl (C=O) groups is 3. The van der Waals surface area contributed by atoms with Crippen LogP contribution in [0.15, 0.2) is 48.5 Å². The first-order valence-electron chi connectivity index (χ1n) is 7.08. The van der Waals surface area contributed by atoms with Crippen molar-refractivity contribution < 1.29 is 14.4 Å². The van der Waals surface area contributed by atoms with Crippen LogP contribution in [0.3, 0.4) is 0 Å². The lowest BCUT2D eigenvalue weighted by Gasteiger charge is -2.08. The predicted molar refractivity (Wildman–Crippen MR) is 83.8 cm³/mol. The van der Waals surface area contributed by atoms with Crippen LogP contribution < -0.4 is 5.32 Å². The molecule has 4 heteroatoms. The first kappa shape index (κ1) is 15.6. The number of aldehydes is 2. The molecule has 0 aliphatic rings. The lowest BCUT2D eigenvalue weighted by atomic mass is 10.1. The summed E-state index contributed by atoms with van der Waals surface area (Å²) in [5, 5.41) is 2.80. The Morgan fingerprint density at radius 3 is 2.32 bits per heavy atom. The highest BCUT2D eigenvalue weighted by Crippen LogP contribution is 2.08. The average molecular weight is 295 g/mol. The number of carbonyl (C=O) groups excluding carboxylic acids is 3. The van der Waals surface area contributed by atoms with E-state index >= 15 is 0 Å². The molecule has 1 N–H and O–H groups in total. The molecule has 2 aromatic carbocycles. The van der Waals surface area contributed by atoms with Gasteiger partial charge in [0.25, 0.3) is 5.91 Å². The zero-order chi connectivity index (χ0) is 15.8. The number of benzene rings is 2. The van der Waals surface area contributed by atoms with Crippen LogP contribution in [-0.2, 0) is 17.8 Å². The van der Waals surface area contributed by atoms with Gasteiger partial charge in [0.05, 0.1) is 0 Å². The monoisotopic (exact) mass is 295 g/mol. The van der Waals surface area contributed by atoms with Crippen molar-refractivity contribution in [3.8, 4) is 0 Å². The molecule has 0 saturated heterocycles. The van der Waals surface area contributed by atoms with Gasteiger partial charge in [-0.05, 0) is 23.6 Å². The van der Waals surface area contributed by atoms with Crippen molar-refractivity contribution in [3.63, 3.8) is 0 Å². The molecule has 0 radical (unpaired) electrons. The van der Waals surface area contributed by atoms with Crippen LogP contribution in [0.25, 0.3) is 0 Å². The summed E-state index contributed by atoms with van der Waals surface area (Å²) in [4.78, 5) is 33.4. The Morgan fingerprint density at radius 2 is 1.64 bits per heavy atom. The van der Waals surface area contributed by atoms with E-state index in [-0.39, 0.29) is 5.91 Å². The summed E-state index contributed by atoms with van der Waals surface area (Å²) in [6.45, 7) is 0.389. The van der Waals surface area contributed by atoms with Crippen molar-refractivity contribution in [2.75, 3.05) is 0 Å². The molecular formula is C18H17NO3. The van der Waals surface area contributed by atoms with E-state index in [4.69, 9.17) is 0 Å². The molecule has 0 fully saturated rings. The van der Waals surface area contributed by atoms with E-state index in [9.17, 15) is 14.4 Å². The van der Waals surface area contributed by atoms with Crippen LogP contribution in [0.2, 0.25) is 0 Å². The molecular weight excluding hydrogens is 278 g/mol. The molecule has 0 saturated carbocycles. The molecule has 0 unspecified atom stereocenters. The molecule has 2 aromatic rings. The second-order valence-corrected chi connectivity index (χ2v) is 4.91. The molecule has 1 amide bonds. The number of hydrogen-bond donors (Lipinski definition) is 1. The minimum Gasteiger partial charge on any atom is -0.348 e. The molecule has 0 spiro atoms. The Balaban J connectivity index is 1.96. The first-order valence-corrected chi connectivity index (χ1v) is 7.08. The van der Waals surface area contributed by atoms with Gasteiger partial charge in [0.15, 0.2) is 6.29 Å². The van der Waals surface area contributed by atoms with E-state index in [0.717, 1.165) is 23.8 Å². The van der Waals surface area contributed by atoms with Gasteiger partial charge in [-0.15, -0.1) is 0 Å². The third-order valence-electron chi connectivity index (χ3n) is 3.36. The van der Waals surface area contributed by atoms with Crippen LogP contribution in [0.4, 0.5) is 0 Å². The van der Waals surface area contributed by atoms with Crippen molar-refractivity contribution in [2.45, 2.75) is 19.4 Å². The number of amides is 1. The van der Waals surface area contributed by atoms with E-state index in [0.29, 0.717) is 30.4 Å². The minimum absolute atomic E-state index is 0.271. The molecule has 112 valence electrons. The van der Waals surface area contributed by atoms with Crippen LogP contribution >= 0.6 is 0 Å². The summed E-state index contributed by atoms with van der Waals surface area (Å²) in [5.41, 5.74) is 2.81. The van der Waals surface area contributed by atoms with Crippen molar-refractivity contribution in [1.29, 1.82) is 0 Å². The summed E-state index contributed by atoms with van der Waals surface area (Å²) >= 11 is 0. The summed E-state index contributed by atoms with van der Waals surface area (Å²) in [5.74, 6) is -0.271. The SMILES string of the molecule is O=CCCc1ccc(CNC(=O)c2ccccc2C=O)cc1. The van der Waals surface area contributed by atoms with Crippen LogP contribution in [-0.4, -0.2) is 18.5 Å². The standard InChI is InChI=1S/C18H17NO3/c20-11-3-4-14-7-9-15(10-8-14)12-19-18(22)17-6-2-1-5-16(17)13-21/h1-2,5-11,13H,3-4,12H2,(H,19,22). The molecule has 0 aromatic heterocycles. The Hall–Kier alpha value is -2.75. The van der Waals surface area contributed by atoms with Gasteiger partial charge < -0.3 is 10.1 Å². The minimum atomic E-state index is -0.271. The molecule has 0 heterocycles. The summed E-state index contributed by atoms with van der Waals surface area (Å²) in [7, 11) is 0. The van der Waals surface area contributed by atoms with Crippen LogP contribution in [0, 0.1) is 0 Å². The Morgan fingerprint density at radius 1 is 0.955 bits per heavy atom. The van der Waals surface area contributed by atoms with Gasteiger partial charge in [-0.2, -0.15) is 0 Å². The summed E-state index contributed by atoms with van der Waals surface area (Å²) in [6.07, 6.45) is 2.82. The first-order chi connectivity index (χ1) is 10.7. The second-order valence-electron chi connectivity index (χ2n) is 4.91. The number of hydrogen-bond acceptors (Lipinski definition) is 3. The second kappa shape index (κ2) is 7.88. The zero-order valence-electron chi connectivity index (χ0n) is 12.1. The summed E-state index contributed by atoms with van der Waals surface area (Å²) < 4.78 is 0.